The smallest absolute Gasteiger partial charge is 0.254 e. The molecular formula is C12H17N5O. The average Bonchev–Trinajstić information content (AvgIpc) is 3.05. The van der Waals surface area contributed by atoms with E-state index in [1.54, 1.807) is 11.6 Å². The van der Waals surface area contributed by atoms with Crippen LogP contribution in [0.25, 0.3) is 5.78 Å². The lowest BCUT2D eigenvalue weighted by atomic mass is 10.3. The Balaban J connectivity index is 1.79. The number of aromatic nitrogens is 4. The maximum atomic E-state index is 5.11. The summed E-state index contributed by atoms with van der Waals surface area (Å²) in [6.07, 6.45) is 5.50. The number of hydrogen-bond acceptors (Lipinski definition) is 5. The molecule has 1 aliphatic rings. The Morgan fingerprint density at radius 1 is 1.50 bits per heavy atom. The van der Waals surface area contributed by atoms with Crippen molar-refractivity contribution in [1.82, 2.24) is 19.6 Å². The Kier molecular flexibility index (Phi) is 3.10. The molecule has 0 saturated heterocycles. The van der Waals surface area contributed by atoms with Gasteiger partial charge < -0.3 is 10.1 Å². The van der Waals surface area contributed by atoms with Gasteiger partial charge in [0.1, 0.15) is 12.1 Å². The molecule has 0 unspecified atom stereocenters. The first-order valence-corrected chi connectivity index (χ1v) is 6.29. The van der Waals surface area contributed by atoms with Crippen LogP contribution in [-0.2, 0) is 11.3 Å². The first-order valence-electron chi connectivity index (χ1n) is 6.29. The largest absolute Gasteiger partial charge is 0.378 e. The van der Waals surface area contributed by atoms with Crippen molar-refractivity contribution in [2.75, 3.05) is 19.0 Å². The molecule has 2 heterocycles. The van der Waals surface area contributed by atoms with Crippen molar-refractivity contribution in [2.24, 2.45) is 5.92 Å². The van der Waals surface area contributed by atoms with Crippen LogP contribution in [0.15, 0.2) is 12.4 Å². The van der Waals surface area contributed by atoms with Crippen LogP contribution in [0.1, 0.15) is 25.0 Å². The highest BCUT2D eigenvalue weighted by molar-refractivity contribution is 5.44. The summed E-state index contributed by atoms with van der Waals surface area (Å²) in [6.45, 7) is 1.46. The highest BCUT2D eigenvalue weighted by atomic mass is 16.5. The minimum atomic E-state index is 0.487. The minimum Gasteiger partial charge on any atom is -0.378 e. The van der Waals surface area contributed by atoms with Crippen molar-refractivity contribution in [3.05, 3.63) is 18.1 Å². The third-order valence-electron chi connectivity index (χ3n) is 3.15. The summed E-state index contributed by atoms with van der Waals surface area (Å²) in [6, 6.07) is 1.97. The summed E-state index contributed by atoms with van der Waals surface area (Å²) >= 11 is 0. The van der Waals surface area contributed by atoms with Gasteiger partial charge in [0.25, 0.3) is 5.78 Å². The summed E-state index contributed by atoms with van der Waals surface area (Å²) in [5, 5.41) is 7.58. The highest BCUT2D eigenvalue weighted by Gasteiger charge is 2.20. The quantitative estimate of drug-likeness (QED) is 0.837. The molecular weight excluding hydrogens is 230 g/mol. The van der Waals surface area contributed by atoms with Gasteiger partial charge >= 0.3 is 0 Å². The maximum Gasteiger partial charge on any atom is 0.254 e. The van der Waals surface area contributed by atoms with E-state index in [9.17, 15) is 0 Å². The molecule has 0 radical (unpaired) electrons. The molecule has 6 nitrogen and oxygen atoms in total. The average molecular weight is 247 g/mol. The number of nitrogens with one attached hydrogen (secondary N) is 1. The maximum absolute atomic E-state index is 5.11. The third kappa shape index (κ3) is 2.43. The third-order valence-corrected chi connectivity index (χ3v) is 3.15. The first-order chi connectivity index (χ1) is 8.86. The molecule has 0 bridgehead atoms. The van der Waals surface area contributed by atoms with Gasteiger partial charge in [0.15, 0.2) is 0 Å². The van der Waals surface area contributed by atoms with Gasteiger partial charge in [-0.1, -0.05) is 12.8 Å². The molecule has 2 aromatic rings. The molecule has 0 aromatic carbocycles. The van der Waals surface area contributed by atoms with E-state index < -0.39 is 0 Å². The Bertz CT molecular complexity index is 534. The molecule has 18 heavy (non-hydrogen) atoms. The van der Waals surface area contributed by atoms with Crippen molar-refractivity contribution >= 4 is 11.6 Å². The van der Waals surface area contributed by atoms with Crippen LogP contribution in [0.5, 0.6) is 0 Å². The minimum absolute atomic E-state index is 0.487. The van der Waals surface area contributed by atoms with E-state index in [1.807, 2.05) is 6.07 Å². The lowest BCUT2D eigenvalue weighted by Gasteiger charge is -2.09. The van der Waals surface area contributed by atoms with E-state index in [4.69, 9.17) is 4.74 Å². The van der Waals surface area contributed by atoms with Crippen molar-refractivity contribution in [2.45, 2.75) is 25.9 Å². The number of methoxy groups -OCH3 is 1. The van der Waals surface area contributed by atoms with Crippen LogP contribution in [0, 0.1) is 5.92 Å². The summed E-state index contributed by atoms with van der Waals surface area (Å²) in [5.74, 6) is 2.47. The van der Waals surface area contributed by atoms with Gasteiger partial charge in [0, 0.05) is 19.7 Å². The normalized spacial score (nSPS) is 15.2. The number of nitrogens with zero attached hydrogens (tertiary/aromatic N) is 4. The summed E-state index contributed by atoms with van der Waals surface area (Å²) in [7, 11) is 1.66. The van der Waals surface area contributed by atoms with Crippen LogP contribution >= 0.6 is 0 Å². The molecule has 0 atom stereocenters. The molecule has 3 rings (SSSR count). The highest BCUT2D eigenvalue weighted by Crippen LogP contribution is 2.32. The fourth-order valence-corrected chi connectivity index (χ4v) is 2.02. The number of hydrogen-bond donors (Lipinski definition) is 1. The topological polar surface area (TPSA) is 64.3 Å². The summed E-state index contributed by atoms with van der Waals surface area (Å²) in [5.41, 5.74) is 0.868. The monoisotopic (exact) mass is 247 g/mol. The Morgan fingerprint density at radius 2 is 2.39 bits per heavy atom. The van der Waals surface area contributed by atoms with Crippen molar-refractivity contribution < 1.29 is 4.74 Å². The molecule has 1 N–H and O–H groups in total. The number of anilines is 1. The Labute approximate surface area is 105 Å². The van der Waals surface area contributed by atoms with Crippen LogP contribution in [0.4, 0.5) is 5.82 Å². The summed E-state index contributed by atoms with van der Waals surface area (Å²) in [4.78, 5) is 8.49. The number of fused-ring (bicyclic) bond motifs is 1. The van der Waals surface area contributed by atoms with Gasteiger partial charge in [-0.3, -0.25) is 0 Å². The Morgan fingerprint density at radius 3 is 3.17 bits per heavy atom. The fraction of sp³-hybridized carbons (Fsp3) is 0.583. The molecule has 1 aliphatic carbocycles. The second-order valence-electron chi connectivity index (χ2n) is 4.70. The van der Waals surface area contributed by atoms with E-state index in [1.165, 1.54) is 25.6 Å². The molecule has 0 aliphatic heterocycles. The Hall–Kier alpha value is -1.69. The summed E-state index contributed by atoms with van der Waals surface area (Å²) < 4.78 is 6.84. The van der Waals surface area contributed by atoms with Gasteiger partial charge in [0.2, 0.25) is 0 Å². The zero-order chi connectivity index (χ0) is 12.4. The zero-order valence-electron chi connectivity index (χ0n) is 10.5. The van der Waals surface area contributed by atoms with Crippen molar-refractivity contribution in [3.63, 3.8) is 0 Å². The van der Waals surface area contributed by atoms with E-state index in [-0.39, 0.29) is 0 Å². The van der Waals surface area contributed by atoms with Crippen molar-refractivity contribution in [1.29, 1.82) is 0 Å². The molecule has 1 fully saturated rings. The van der Waals surface area contributed by atoms with E-state index in [2.05, 4.69) is 20.4 Å². The fourth-order valence-electron chi connectivity index (χ4n) is 2.02. The van der Waals surface area contributed by atoms with Crippen LogP contribution in [0.3, 0.4) is 0 Å². The van der Waals surface area contributed by atoms with Crippen molar-refractivity contribution in [3.8, 4) is 0 Å². The van der Waals surface area contributed by atoms with Gasteiger partial charge in [0.05, 0.1) is 12.3 Å². The van der Waals surface area contributed by atoms with E-state index in [0.29, 0.717) is 12.4 Å². The second kappa shape index (κ2) is 4.89. The van der Waals surface area contributed by atoms with Gasteiger partial charge in [-0.25, -0.2) is 4.98 Å². The van der Waals surface area contributed by atoms with E-state index >= 15 is 0 Å². The molecule has 0 spiro atoms. The molecule has 1 saturated carbocycles. The zero-order valence-corrected chi connectivity index (χ0v) is 10.5. The molecule has 96 valence electrons. The standard InChI is InChI=1S/C12H17N5O/c1-18-7-10-6-11(13-5-4-9-2-3-9)17-12(16-10)14-8-15-17/h6,8-9,13H,2-5,7H2,1H3. The van der Waals surface area contributed by atoms with Gasteiger partial charge in [-0.05, 0) is 12.3 Å². The molecule has 0 amide bonds. The number of rotatable bonds is 6. The van der Waals surface area contributed by atoms with Gasteiger partial charge in [-0.15, -0.1) is 0 Å². The second-order valence-corrected chi connectivity index (χ2v) is 4.70. The predicted octanol–water partition coefficient (Wildman–Crippen LogP) is 1.48. The number of ether oxygens (including phenoxy) is 1. The van der Waals surface area contributed by atoms with E-state index in [0.717, 1.165) is 24.0 Å². The molecule has 2 aromatic heterocycles. The molecule has 6 heteroatoms. The SMILES string of the molecule is COCc1cc(NCCC2CC2)n2ncnc2n1. The van der Waals surface area contributed by atoms with Crippen LogP contribution in [-0.4, -0.2) is 33.2 Å². The predicted molar refractivity (Wildman–Crippen MR) is 67.3 cm³/mol. The lowest BCUT2D eigenvalue weighted by molar-refractivity contribution is 0.181. The lowest BCUT2D eigenvalue weighted by Crippen LogP contribution is -2.09. The first kappa shape index (κ1) is 11.4. The van der Waals surface area contributed by atoms with Gasteiger partial charge in [-0.2, -0.15) is 14.6 Å². The van der Waals surface area contributed by atoms with Crippen LogP contribution < -0.4 is 5.32 Å². The van der Waals surface area contributed by atoms with Crippen LogP contribution in [0.2, 0.25) is 0 Å².